The van der Waals surface area contributed by atoms with Crippen LogP contribution in [0.3, 0.4) is 0 Å². The zero-order valence-corrected chi connectivity index (χ0v) is 14.0. The number of carbonyl (C=O) groups excluding carboxylic acids is 1. The van der Waals surface area contributed by atoms with Crippen molar-refractivity contribution in [3.05, 3.63) is 52.8 Å². The molecule has 122 valence electrons. The predicted octanol–water partition coefficient (Wildman–Crippen LogP) is 2.25. The molecule has 2 aromatic carbocycles. The molecule has 6 nitrogen and oxygen atoms in total. The number of carbonyl (C=O) groups is 1. The Balaban J connectivity index is 1.94. The van der Waals surface area contributed by atoms with Gasteiger partial charge in [0.2, 0.25) is 10.0 Å². The minimum atomic E-state index is -3.78. The van der Waals surface area contributed by atoms with Crippen LogP contribution in [0.5, 0.6) is 5.75 Å². The van der Waals surface area contributed by atoms with Crippen molar-refractivity contribution in [1.29, 1.82) is 0 Å². The van der Waals surface area contributed by atoms with Crippen molar-refractivity contribution in [3.8, 4) is 5.75 Å². The van der Waals surface area contributed by atoms with Crippen LogP contribution in [-0.2, 0) is 14.8 Å². The van der Waals surface area contributed by atoms with Gasteiger partial charge in [-0.2, -0.15) is 0 Å². The second-order valence-electron chi connectivity index (χ2n) is 4.48. The van der Waals surface area contributed by atoms with E-state index in [-0.39, 0.29) is 11.5 Å². The summed E-state index contributed by atoms with van der Waals surface area (Å²) in [5.74, 6) is -0.556. The number of hydrogen-bond acceptors (Lipinski definition) is 4. The van der Waals surface area contributed by atoms with Crippen molar-refractivity contribution in [3.63, 3.8) is 0 Å². The van der Waals surface area contributed by atoms with Crippen LogP contribution in [0.15, 0.2) is 51.8 Å². The predicted molar refractivity (Wildman–Crippen MR) is 86.0 cm³/mol. The highest BCUT2D eigenvalue weighted by atomic mass is 79.9. The molecule has 2 aromatic rings. The topological polar surface area (TPSA) is 98.5 Å². The molecule has 0 aliphatic heterocycles. The lowest BCUT2D eigenvalue weighted by Gasteiger charge is -2.09. The van der Waals surface area contributed by atoms with Gasteiger partial charge in [-0.1, -0.05) is 0 Å². The number of ether oxygens (including phenoxy) is 1. The molecular weight excluding hydrogens is 391 g/mol. The van der Waals surface area contributed by atoms with Crippen LogP contribution in [0.1, 0.15) is 0 Å². The first-order chi connectivity index (χ1) is 10.8. The van der Waals surface area contributed by atoms with Crippen LogP contribution in [0, 0.1) is 5.82 Å². The van der Waals surface area contributed by atoms with E-state index in [1.165, 1.54) is 42.5 Å². The summed E-state index contributed by atoms with van der Waals surface area (Å²) in [7, 11) is -3.78. The molecule has 0 aromatic heterocycles. The van der Waals surface area contributed by atoms with Crippen LogP contribution in [-0.4, -0.2) is 20.9 Å². The number of primary sulfonamides is 1. The monoisotopic (exact) mass is 402 g/mol. The maximum atomic E-state index is 12.9. The molecule has 0 spiro atoms. The highest BCUT2D eigenvalue weighted by Crippen LogP contribution is 2.25. The second kappa shape index (κ2) is 7.07. The van der Waals surface area contributed by atoms with Gasteiger partial charge in [-0.3, -0.25) is 4.79 Å². The molecule has 0 saturated carbocycles. The quantitative estimate of drug-likeness (QED) is 0.800. The molecule has 1 amide bonds. The van der Waals surface area contributed by atoms with E-state index >= 15 is 0 Å². The van der Waals surface area contributed by atoms with Gasteiger partial charge in [0.05, 0.1) is 9.37 Å². The third-order valence-electron chi connectivity index (χ3n) is 2.72. The number of nitrogens with two attached hydrogens (primary N) is 1. The van der Waals surface area contributed by atoms with E-state index in [0.29, 0.717) is 15.9 Å². The van der Waals surface area contributed by atoms with Gasteiger partial charge in [0.25, 0.3) is 5.91 Å². The largest absolute Gasteiger partial charge is 0.483 e. The summed E-state index contributed by atoms with van der Waals surface area (Å²) in [5.41, 5.74) is 0.393. The Morgan fingerprint density at radius 1 is 1.22 bits per heavy atom. The lowest BCUT2D eigenvalue weighted by atomic mass is 10.3. The van der Waals surface area contributed by atoms with Gasteiger partial charge >= 0.3 is 0 Å². The average molecular weight is 403 g/mol. The number of rotatable bonds is 5. The summed E-state index contributed by atoms with van der Waals surface area (Å²) >= 11 is 3.13. The van der Waals surface area contributed by atoms with E-state index in [1.807, 2.05) is 0 Å². The molecule has 0 atom stereocenters. The Morgan fingerprint density at radius 3 is 2.43 bits per heavy atom. The van der Waals surface area contributed by atoms with E-state index < -0.39 is 21.7 Å². The van der Waals surface area contributed by atoms with Gasteiger partial charge in [-0.25, -0.2) is 17.9 Å². The molecule has 0 fully saturated rings. The molecule has 3 N–H and O–H groups in total. The summed E-state index contributed by atoms with van der Waals surface area (Å²) in [4.78, 5) is 11.7. The zero-order valence-electron chi connectivity index (χ0n) is 11.6. The Labute approximate surface area is 140 Å². The van der Waals surface area contributed by atoms with Crippen molar-refractivity contribution in [1.82, 2.24) is 0 Å². The molecule has 0 unspecified atom stereocenters. The average Bonchev–Trinajstić information content (AvgIpc) is 2.46. The van der Waals surface area contributed by atoms with Gasteiger partial charge in [0, 0.05) is 5.69 Å². The molecule has 0 saturated heterocycles. The normalized spacial score (nSPS) is 11.1. The first-order valence-corrected chi connectivity index (χ1v) is 8.60. The summed E-state index contributed by atoms with van der Waals surface area (Å²) in [6, 6.07) is 9.21. The molecule has 0 heterocycles. The number of halogens is 2. The number of anilines is 1. The van der Waals surface area contributed by atoms with Crippen molar-refractivity contribution in [2.24, 2.45) is 5.14 Å². The molecule has 0 aliphatic rings. The third kappa shape index (κ3) is 5.02. The van der Waals surface area contributed by atoms with Crippen molar-refractivity contribution >= 4 is 37.5 Å². The maximum absolute atomic E-state index is 12.9. The Kier molecular flexibility index (Phi) is 5.34. The van der Waals surface area contributed by atoms with E-state index in [0.717, 1.165) is 0 Å². The molecule has 0 bridgehead atoms. The number of amides is 1. The molecular formula is C14H12BrFN2O4S. The summed E-state index contributed by atoms with van der Waals surface area (Å²) in [5, 5.41) is 7.51. The third-order valence-corrected chi connectivity index (χ3v) is 4.27. The SMILES string of the molecule is NS(=O)(=O)c1ccc(NC(=O)COc2ccc(F)cc2Br)cc1. The van der Waals surface area contributed by atoms with Gasteiger partial charge < -0.3 is 10.1 Å². The Morgan fingerprint density at radius 2 is 1.87 bits per heavy atom. The van der Waals surface area contributed by atoms with Crippen LogP contribution in [0.4, 0.5) is 10.1 Å². The van der Waals surface area contributed by atoms with E-state index in [4.69, 9.17) is 9.88 Å². The van der Waals surface area contributed by atoms with Crippen LogP contribution < -0.4 is 15.2 Å². The van der Waals surface area contributed by atoms with Gasteiger partial charge in [-0.15, -0.1) is 0 Å². The number of benzene rings is 2. The smallest absolute Gasteiger partial charge is 0.262 e. The fraction of sp³-hybridized carbons (Fsp3) is 0.0714. The highest BCUT2D eigenvalue weighted by molar-refractivity contribution is 9.10. The highest BCUT2D eigenvalue weighted by Gasteiger charge is 2.09. The second-order valence-corrected chi connectivity index (χ2v) is 6.90. The Bertz CT molecular complexity index is 825. The van der Waals surface area contributed by atoms with E-state index in [9.17, 15) is 17.6 Å². The molecule has 23 heavy (non-hydrogen) atoms. The lowest BCUT2D eigenvalue weighted by molar-refractivity contribution is -0.118. The number of hydrogen-bond donors (Lipinski definition) is 2. The van der Waals surface area contributed by atoms with Crippen molar-refractivity contribution < 1.29 is 22.3 Å². The lowest BCUT2D eigenvalue weighted by Crippen LogP contribution is -2.20. The maximum Gasteiger partial charge on any atom is 0.262 e. The first-order valence-electron chi connectivity index (χ1n) is 6.26. The summed E-state index contributed by atoms with van der Waals surface area (Å²) in [6.07, 6.45) is 0. The molecule has 0 aliphatic carbocycles. The molecule has 9 heteroatoms. The number of sulfonamides is 1. The summed E-state index contributed by atoms with van der Waals surface area (Å²) < 4.78 is 40.8. The fourth-order valence-electron chi connectivity index (χ4n) is 1.66. The first kappa shape index (κ1) is 17.4. The van der Waals surface area contributed by atoms with Crippen LogP contribution >= 0.6 is 15.9 Å². The van der Waals surface area contributed by atoms with Gasteiger partial charge in [-0.05, 0) is 58.4 Å². The summed E-state index contributed by atoms with van der Waals surface area (Å²) in [6.45, 7) is -0.291. The van der Waals surface area contributed by atoms with E-state index in [2.05, 4.69) is 21.2 Å². The minimum absolute atomic E-state index is 0.0537. The standard InChI is InChI=1S/C14H12BrFN2O4S/c15-12-7-9(16)1-6-13(12)22-8-14(19)18-10-2-4-11(5-3-10)23(17,20)21/h1-7H,8H2,(H,18,19)(H2,17,20,21). The van der Waals surface area contributed by atoms with Gasteiger partial charge in [0.15, 0.2) is 6.61 Å². The minimum Gasteiger partial charge on any atom is -0.483 e. The Hall–Kier alpha value is -1.97. The van der Waals surface area contributed by atoms with Gasteiger partial charge in [0.1, 0.15) is 11.6 Å². The van der Waals surface area contributed by atoms with Crippen LogP contribution in [0.25, 0.3) is 0 Å². The van der Waals surface area contributed by atoms with E-state index in [1.54, 1.807) is 0 Å². The van der Waals surface area contributed by atoms with Crippen molar-refractivity contribution in [2.75, 3.05) is 11.9 Å². The molecule has 0 radical (unpaired) electrons. The number of nitrogens with one attached hydrogen (secondary N) is 1. The fourth-order valence-corrected chi connectivity index (χ4v) is 2.64. The molecule has 2 rings (SSSR count). The van der Waals surface area contributed by atoms with Crippen molar-refractivity contribution in [2.45, 2.75) is 4.90 Å². The zero-order chi connectivity index (χ0) is 17.0. The van der Waals surface area contributed by atoms with Crippen LogP contribution in [0.2, 0.25) is 0 Å².